The summed E-state index contributed by atoms with van der Waals surface area (Å²) in [5.41, 5.74) is 0.934. The van der Waals surface area contributed by atoms with Crippen LogP contribution in [0.5, 0.6) is 11.5 Å². The van der Waals surface area contributed by atoms with E-state index in [1.807, 2.05) is 39.0 Å². The number of ether oxygens (including phenoxy) is 2. The first-order chi connectivity index (χ1) is 8.94. The van der Waals surface area contributed by atoms with Crippen LogP contribution in [0.1, 0.15) is 26.3 Å². The summed E-state index contributed by atoms with van der Waals surface area (Å²) in [5.74, 6) is 1.47. The summed E-state index contributed by atoms with van der Waals surface area (Å²) in [6.07, 6.45) is 0. The van der Waals surface area contributed by atoms with Crippen molar-refractivity contribution in [2.24, 2.45) is 0 Å². The summed E-state index contributed by atoms with van der Waals surface area (Å²) in [6.45, 7) is 7.14. The number of amides is 1. The maximum Gasteiger partial charge on any atom is 0.234 e. The number of fused-ring (bicyclic) bond motifs is 1. The molecular formula is C14H20N2O3. The minimum atomic E-state index is -0.0594. The van der Waals surface area contributed by atoms with E-state index in [0.29, 0.717) is 13.1 Å². The zero-order valence-corrected chi connectivity index (χ0v) is 11.6. The summed E-state index contributed by atoms with van der Waals surface area (Å²) >= 11 is 0. The Morgan fingerprint density at radius 3 is 2.74 bits per heavy atom. The summed E-state index contributed by atoms with van der Waals surface area (Å²) < 4.78 is 10.5. The molecule has 1 aromatic rings. The number of carbonyl (C=O) groups excluding carboxylic acids is 1. The van der Waals surface area contributed by atoms with E-state index in [1.54, 1.807) is 0 Å². The molecule has 0 unspecified atom stereocenters. The summed E-state index contributed by atoms with van der Waals surface area (Å²) in [6, 6.07) is 5.67. The first-order valence-electron chi connectivity index (χ1n) is 6.34. The van der Waals surface area contributed by atoms with Crippen molar-refractivity contribution in [3.63, 3.8) is 0 Å². The van der Waals surface area contributed by atoms with Gasteiger partial charge in [-0.3, -0.25) is 4.79 Å². The molecule has 0 atom stereocenters. The fraction of sp³-hybridized carbons (Fsp3) is 0.500. The predicted molar refractivity (Wildman–Crippen MR) is 72.2 cm³/mol. The van der Waals surface area contributed by atoms with Gasteiger partial charge in [0.2, 0.25) is 12.7 Å². The Hall–Kier alpha value is -1.75. The molecule has 1 aromatic carbocycles. The first-order valence-corrected chi connectivity index (χ1v) is 6.34. The van der Waals surface area contributed by atoms with E-state index in [9.17, 15) is 4.79 Å². The molecule has 1 aliphatic heterocycles. The van der Waals surface area contributed by atoms with Crippen molar-refractivity contribution in [1.82, 2.24) is 10.6 Å². The molecule has 5 nitrogen and oxygen atoms in total. The number of hydrogen-bond donors (Lipinski definition) is 2. The molecule has 2 rings (SSSR count). The van der Waals surface area contributed by atoms with Crippen LogP contribution in [-0.4, -0.2) is 24.8 Å². The third-order valence-electron chi connectivity index (χ3n) is 2.71. The van der Waals surface area contributed by atoms with Crippen LogP contribution in [0.2, 0.25) is 0 Å². The summed E-state index contributed by atoms with van der Waals surface area (Å²) in [4.78, 5) is 11.7. The lowest BCUT2D eigenvalue weighted by Gasteiger charge is -2.20. The van der Waals surface area contributed by atoms with Crippen molar-refractivity contribution in [2.75, 3.05) is 13.3 Å². The number of benzene rings is 1. The van der Waals surface area contributed by atoms with E-state index in [1.165, 1.54) is 0 Å². The van der Waals surface area contributed by atoms with Gasteiger partial charge in [0.15, 0.2) is 11.5 Å². The predicted octanol–water partition coefficient (Wildman–Crippen LogP) is 1.42. The maximum absolute atomic E-state index is 11.7. The second kappa shape index (κ2) is 5.48. The van der Waals surface area contributed by atoms with Crippen molar-refractivity contribution in [1.29, 1.82) is 0 Å². The van der Waals surface area contributed by atoms with E-state index in [4.69, 9.17) is 9.47 Å². The van der Waals surface area contributed by atoms with Gasteiger partial charge in [-0.2, -0.15) is 0 Å². The zero-order chi connectivity index (χ0) is 13.9. The maximum atomic E-state index is 11.7. The molecule has 0 fully saturated rings. The molecule has 104 valence electrons. The van der Waals surface area contributed by atoms with Gasteiger partial charge in [0.1, 0.15) is 0 Å². The zero-order valence-electron chi connectivity index (χ0n) is 11.6. The Morgan fingerprint density at radius 1 is 1.26 bits per heavy atom. The van der Waals surface area contributed by atoms with Gasteiger partial charge < -0.3 is 20.1 Å². The van der Waals surface area contributed by atoms with E-state index >= 15 is 0 Å². The van der Waals surface area contributed by atoms with Crippen LogP contribution in [-0.2, 0) is 11.3 Å². The van der Waals surface area contributed by atoms with Gasteiger partial charge in [0.25, 0.3) is 0 Å². The number of rotatable bonds is 4. The van der Waals surface area contributed by atoms with Gasteiger partial charge in [0.05, 0.1) is 6.54 Å². The standard InChI is InChI=1S/C14H20N2O3/c1-14(2,3)16-8-13(17)15-7-10-4-5-11-12(6-10)19-9-18-11/h4-6,16H,7-9H2,1-3H3,(H,15,17). The Kier molecular flexibility index (Phi) is 3.95. The van der Waals surface area contributed by atoms with Gasteiger partial charge in [-0.05, 0) is 38.5 Å². The molecule has 0 spiro atoms. The molecule has 1 aliphatic rings. The van der Waals surface area contributed by atoms with Crippen molar-refractivity contribution in [3.05, 3.63) is 23.8 Å². The van der Waals surface area contributed by atoms with Gasteiger partial charge in [0, 0.05) is 12.1 Å². The summed E-state index contributed by atoms with van der Waals surface area (Å²) in [5, 5.41) is 6.01. The Balaban J connectivity index is 1.81. The number of nitrogens with one attached hydrogen (secondary N) is 2. The van der Waals surface area contributed by atoms with Gasteiger partial charge in [-0.1, -0.05) is 6.07 Å². The van der Waals surface area contributed by atoms with Gasteiger partial charge >= 0.3 is 0 Å². The van der Waals surface area contributed by atoms with Crippen LogP contribution in [0.4, 0.5) is 0 Å². The molecule has 1 amide bonds. The Bertz CT molecular complexity index is 466. The molecule has 0 bridgehead atoms. The monoisotopic (exact) mass is 264 g/mol. The van der Waals surface area contributed by atoms with E-state index in [-0.39, 0.29) is 18.2 Å². The minimum Gasteiger partial charge on any atom is -0.454 e. The van der Waals surface area contributed by atoms with Crippen molar-refractivity contribution >= 4 is 5.91 Å². The summed E-state index contributed by atoms with van der Waals surface area (Å²) in [7, 11) is 0. The van der Waals surface area contributed by atoms with Crippen LogP contribution in [0.3, 0.4) is 0 Å². The molecule has 0 aromatic heterocycles. The highest BCUT2D eigenvalue weighted by atomic mass is 16.7. The quantitative estimate of drug-likeness (QED) is 0.863. The average molecular weight is 264 g/mol. The van der Waals surface area contributed by atoms with Crippen LogP contribution in [0, 0.1) is 0 Å². The molecule has 0 radical (unpaired) electrons. The molecule has 0 saturated heterocycles. The fourth-order valence-corrected chi connectivity index (χ4v) is 1.66. The van der Waals surface area contributed by atoms with Gasteiger partial charge in [-0.25, -0.2) is 0 Å². The highest BCUT2D eigenvalue weighted by Crippen LogP contribution is 2.32. The third kappa shape index (κ3) is 4.13. The SMILES string of the molecule is CC(C)(C)NCC(=O)NCc1ccc2c(c1)OCO2. The molecule has 0 aliphatic carbocycles. The van der Waals surface area contributed by atoms with Crippen molar-refractivity contribution < 1.29 is 14.3 Å². The first kappa shape index (κ1) is 13.7. The molecule has 2 N–H and O–H groups in total. The topological polar surface area (TPSA) is 59.6 Å². The second-order valence-corrected chi connectivity index (χ2v) is 5.57. The van der Waals surface area contributed by atoms with E-state index in [0.717, 1.165) is 17.1 Å². The average Bonchev–Trinajstić information content (AvgIpc) is 2.80. The van der Waals surface area contributed by atoms with Crippen LogP contribution >= 0.6 is 0 Å². The lowest BCUT2D eigenvalue weighted by molar-refractivity contribution is -0.120. The van der Waals surface area contributed by atoms with Crippen molar-refractivity contribution in [2.45, 2.75) is 32.9 Å². The molecule has 1 heterocycles. The third-order valence-corrected chi connectivity index (χ3v) is 2.71. The molecule has 0 saturated carbocycles. The second-order valence-electron chi connectivity index (χ2n) is 5.57. The van der Waals surface area contributed by atoms with E-state index < -0.39 is 0 Å². The largest absolute Gasteiger partial charge is 0.454 e. The lowest BCUT2D eigenvalue weighted by atomic mass is 10.1. The molecule has 19 heavy (non-hydrogen) atoms. The smallest absolute Gasteiger partial charge is 0.234 e. The Morgan fingerprint density at radius 2 is 2.00 bits per heavy atom. The van der Waals surface area contributed by atoms with E-state index in [2.05, 4.69) is 10.6 Å². The fourth-order valence-electron chi connectivity index (χ4n) is 1.66. The number of hydrogen-bond acceptors (Lipinski definition) is 4. The van der Waals surface area contributed by atoms with Crippen LogP contribution in [0.25, 0.3) is 0 Å². The van der Waals surface area contributed by atoms with Crippen molar-refractivity contribution in [3.8, 4) is 11.5 Å². The normalized spacial score (nSPS) is 13.4. The van der Waals surface area contributed by atoms with Crippen LogP contribution in [0.15, 0.2) is 18.2 Å². The number of carbonyl (C=O) groups is 1. The molecular weight excluding hydrogens is 244 g/mol. The Labute approximate surface area is 113 Å². The minimum absolute atomic E-state index is 0.0207. The molecule has 5 heteroatoms. The highest BCUT2D eigenvalue weighted by molar-refractivity contribution is 5.78. The lowest BCUT2D eigenvalue weighted by Crippen LogP contribution is -2.43. The van der Waals surface area contributed by atoms with Gasteiger partial charge in [-0.15, -0.1) is 0 Å². The highest BCUT2D eigenvalue weighted by Gasteiger charge is 2.14. The van der Waals surface area contributed by atoms with Crippen LogP contribution < -0.4 is 20.1 Å².